The van der Waals surface area contributed by atoms with Crippen molar-refractivity contribution in [1.29, 1.82) is 0 Å². The highest BCUT2D eigenvalue weighted by Gasteiger charge is 2.35. The first-order chi connectivity index (χ1) is 11.6. The third-order valence-electron chi connectivity index (χ3n) is 3.98. The van der Waals surface area contributed by atoms with Gasteiger partial charge in [0, 0.05) is 18.7 Å². The van der Waals surface area contributed by atoms with E-state index in [0.717, 1.165) is 17.7 Å². The molecular weight excluding hydrogens is 311 g/mol. The Morgan fingerprint density at radius 3 is 2.67 bits per heavy atom. The van der Waals surface area contributed by atoms with Crippen molar-refractivity contribution < 1.29 is 14.0 Å². The van der Waals surface area contributed by atoms with Gasteiger partial charge in [-0.1, -0.05) is 5.21 Å². The molecule has 1 aromatic carbocycles. The fourth-order valence-corrected chi connectivity index (χ4v) is 2.78. The summed E-state index contributed by atoms with van der Waals surface area (Å²) in [5.74, 6) is -0.894. The highest BCUT2D eigenvalue weighted by molar-refractivity contribution is 6.52. The minimum Gasteiger partial charge on any atom is -0.303 e. The SMILES string of the molecule is O=C1C(=O)N(CCn2cc([C]3[CH][CH][CH][CH]3)nn2)c2ccc(F)cc21. The van der Waals surface area contributed by atoms with E-state index in [1.807, 2.05) is 25.7 Å². The number of benzene rings is 1. The van der Waals surface area contributed by atoms with Gasteiger partial charge in [0.15, 0.2) is 0 Å². The lowest BCUT2D eigenvalue weighted by molar-refractivity contribution is -0.114. The Hall–Kier alpha value is -2.57. The number of aromatic nitrogens is 3. The number of ketones is 1. The van der Waals surface area contributed by atoms with Gasteiger partial charge in [-0.15, -0.1) is 5.10 Å². The van der Waals surface area contributed by atoms with Gasteiger partial charge in [0.2, 0.25) is 0 Å². The molecule has 0 saturated heterocycles. The Bertz CT molecular complexity index is 811. The first-order valence-corrected chi connectivity index (χ1v) is 7.41. The second-order valence-corrected chi connectivity index (χ2v) is 5.49. The first-order valence-electron chi connectivity index (χ1n) is 7.41. The van der Waals surface area contributed by atoms with Crippen molar-refractivity contribution in [2.45, 2.75) is 6.54 Å². The molecule has 0 bridgehead atoms. The number of nitrogens with zero attached hydrogens (tertiary/aromatic N) is 4. The summed E-state index contributed by atoms with van der Waals surface area (Å²) in [5.41, 5.74) is 1.28. The molecule has 1 amide bonds. The summed E-state index contributed by atoms with van der Waals surface area (Å²) in [4.78, 5) is 25.4. The topological polar surface area (TPSA) is 68.1 Å². The van der Waals surface area contributed by atoms with Gasteiger partial charge in [0.1, 0.15) is 5.82 Å². The molecule has 1 saturated carbocycles. The van der Waals surface area contributed by atoms with Crippen LogP contribution in [0.25, 0.3) is 0 Å². The standard InChI is InChI=1S/C17H12FN4O2/c18-12-5-6-15-13(9-12)16(23)17(24)22(15)8-7-21-10-14(19-20-21)11-3-1-2-4-11/h1-6,9-10H,7-8H2. The number of rotatable bonds is 4. The van der Waals surface area contributed by atoms with E-state index in [4.69, 9.17) is 0 Å². The van der Waals surface area contributed by atoms with Crippen LogP contribution in [0.15, 0.2) is 24.4 Å². The van der Waals surface area contributed by atoms with Gasteiger partial charge >= 0.3 is 0 Å². The number of fused-ring (bicyclic) bond motifs is 1. The van der Waals surface area contributed by atoms with E-state index in [0.29, 0.717) is 12.2 Å². The average Bonchev–Trinajstić information content (AvgIpc) is 3.29. The van der Waals surface area contributed by atoms with Crippen molar-refractivity contribution in [1.82, 2.24) is 15.0 Å². The van der Waals surface area contributed by atoms with E-state index >= 15 is 0 Å². The number of anilines is 1. The molecule has 1 aliphatic heterocycles. The Kier molecular flexibility index (Phi) is 3.63. The van der Waals surface area contributed by atoms with Gasteiger partial charge in [0.05, 0.1) is 23.5 Å². The van der Waals surface area contributed by atoms with Crippen LogP contribution < -0.4 is 4.90 Å². The molecule has 1 aromatic heterocycles. The molecule has 2 heterocycles. The van der Waals surface area contributed by atoms with E-state index in [2.05, 4.69) is 10.3 Å². The van der Waals surface area contributed by atoms with Crippen molar-refractivity contribution in [2.75, 3.05) is 11.4 Å². The largest absolute Gasteiger partial charge is 0.303 e. The van der Waals surface area contributed by atoms with Crippen LogP contribution in [-0.2, 0) is 11.3 Å². The molecule has 0 unspecified atom stereocenters. The maximum Gasteiger partial charge on any atom is 0.299 e. The van der Waals surface area contributed by atoms with Crippen LogP contribution in [0.1, 0.15) is 16.1 Å². The maximum atomic E-state index is 13.3. The molecule has 1 aliphatic carbocycles. The third kappa shape index (κ3) is 2.50. The van der Waals surface area contributed by atoms with E-state index in [-0.39, 0.29) is 12.1 Å². The Balaban J connectivity index is 1.48. The second-order valence-electron chi connectivity index (χ2n) is 5.49. The minimum absolute atomic E-state index is 0.107. The molecule has 5 radical (unpaired) electrons. The first kappa shape index (κ1) is 15.0. The predicted molar refractivity (Wildman–Crippen MR) is 82.7 cm³/mol. The highest BCUT2D eigenvalue weighted by atomic mass is 19.1. The lowest BCUT2D eigenvalue weighted by Crippen LogP contribution is -2.32. The number of Topliss-reactive ketones (excluding diaryl/α,β-unsaturated/α-hetero) is 1. The number of carbonyl (C=O) groups excluding carboxylic acids is 2. The van der Waals surface area contributed by atoms with Gasteiger partial charge in [0.25, 0.3) is 11.7 Å². The maximum absolute atomic E-state index is 13.3. The molecule has 0 spiro atoms. The molecule has 6 nitrogen and oxygen atoms in total. The van der Waals surface area contributed by atoms with Crippen molar-refractivity contribution >= 4 is 17.4 Å². The van der Waals surface area contributed by atoms with Crippen molar-refractivity contribution in [3.8, 4) is 0 Å². The number of halogens is 1. The molecule has 2 aromatic rings. The van der Waals surface area contributed by atoms with Gasteiger partial charge in [-0.2, -0.15) is 0 Å². The molecule has 2 aliphatic rings. The average molecular weight is 323 g/mol. The van der Waals surface area contributed by atoms with Crippen LogP contribution in [-0.4, -0.2) is 33.2 Å². The van der Waals surface area contributed by atoms with Gasteiger partial charge in [-0.3, -0.25) is 14.3 Å². The fourth-order valence-electron chi connectivity index (χ4n) is 2.78. The van der Waals surface area contributed by atoms with Crippen LogP contribution in [0.3, 0.4) is 0 Å². The highest BCUT2D eigenvalue weighted by Crippen LogP contribution is 2.30. The summed E-state index contributed by atoms with van der Waals surface area (Å²) in [6.45, 7) is 0.635. The van der Waals surface area contributed by atoms with Crippen LogP contribution in [0.2, 0.25) is 0 Å². The summed E-state index contributed by atoms with van der Waals surface area (Å²) >= 11 is 0. The summed E-state index contributed by atoms with van der Waals surface area (Å²) in [6, 6.07) is 3.78. The number of amides is 1. The Morgan fingerprint density at radius 2 is 1.88 bits per heavy atom. The zero-order valence-corrected chi connectivity index (χ0v) is 12.5. The summed E-state index contributed by atoms with van der Waals surface area (Å²) in [7, 11) is 0. The van der Waals surface area contributed by atoms with Crippen molar-refractivity contribution in [2.24, 2.45) is 0 Å². The van der Waals surface area contributed by atoms with E-state index in [1.165, 1.54) is 17.0 Å². The minimum atomic E-state index is -0.680. The molecule has 0 N–H and O–H groups in total. The second kappa shape index (κ2) is 5.81. The van der Waals surface area contributed by atoms with Crippen LogP contribution in [0.4, 0.5) is 10.1 Å². The number of carbonyl (C=O) groups is 2. The Labute approximate surface area is 138 Å². The van der Waals surface area contributed by atoms with E-state index < -0.39 is 17.5 Å². The molecule has 119 valence electrons. The zero-order valence-electron chi connectivity index (χ0n) is 12.5. The number of hydrogen-bond acceptors (Lipinski definition) is 4. The van der Waals surface area contributed by atoms with Crippen molar-refractivity contribution in [3.63, 3.8) is 0 Å². The molecule has 24 heavy (non-hydrogen) atoms. The quantitative estimate of drug-likeness (QED) is 0.798. The normalized spacial score (nSPS) is 17.8. The van der Waals surface area contributed by atoms with Gasteiger partial charge in [-0.25, -0.2) is 4.39 Å². The predicted octanol–water partition coefficient (Wildman–Crippen LogP) is 1.40. The summed E-state index contributed by atoms with van der Waals surface area (Å²) < 4.78 is 14.9. The third-order valence-corrected chi connectivity index (χ3v) is 3.98. The van der Waals surface area contributed by atoms with Crippen LogP contribution >= 0.6 is 0 Å². The molecule has 7 heteroatoms. The lowest BCUT2D eigenvalue weighted by Gasteiger charge is -2.16. The van der Waals surface area contributed by atoms with Crippen LogP contribution in [0.5, 0.6) is 0 Å². The smallest absolute Gasteiger partial charge is 0.299 e. The molecule has 0 atom stereocenters. The zero-order chi connectivity index (χ0) is 16.7. The van der Waals surface area contributed by atoms with Crippen LogP contribution in [0, 0.1) is 37.4 Å². The number of hydrogen-bond donors (Lipinski definition) is 0. The van der Waals surface area contributed by atoms with Gasteiger partial charge in [-0.05, 0) is 43.9 Å². The molecule has 4 rings (SSSR count). The van der Waals surface area contributed by atoms with Gasteiger partial charge < -0.3 is 4.90 Å². The Morgan fingerprint density at radius 1 is 1.08 bits per heavy atom. The lowest BCUT2D eigenvalue weighted by atomic mass is 10.1. The summed E-state index contributed by atoms with van der Waals surface area (Å²) in [5, 5.41) is 8.12. The summed E-state index contributed by atoms with van der Waals surface area (Å²) in [6.07, 6.45) is 9.48. The fraction of sp³-hybridized carbons (Fsp3) is 0.118. The molecule has 1 fully saturated rings. The van der Waals surface area contributed by atoms with E-state index in [1.54, 1.807) is 10.9 Å². The molecular formula is C17H12FN4O2. The monoisotopic (exact) mass is 323 g/mol. The van der Waals surface area contributed by atoms with Crippen molar-refractivity contribution in [3.05, 3.63) is 73.1 Å². The van der Waals surface area contributed by atoms with E-state index in [9.17, 15) is 14.0 Å².